The molecule has 1 aliphatic heterocycles. The second kappa shape index (κ2) is 4.84. The van der Waals surface area contributed by atoms with Gasteiger partial charge in [-0.1, -0.05) is 42.5 Å². The summed E-state index contributed by atoms with van der Waals surface area (Å²) in [7, 11) is 0. The lowest BCUT2D eigenvalue weighted by molar-refractivity contribution is 0.0721. The molecule has 0 unspecified atom stereocenters. The van der Waals surface area contributed by atoms with Crippen molar-refractivity contribution >= 4 is 5.91 Å². The van der Waals surface area contributed by atoms with E-state index in [-0.39, 0.29) is 11.5 Å². The first-order chi connectivity index (χ1) is 9.25. The Labute approximate surface area is 111 Å². The van der Waals surface area contributed by atoms with Crippen molar-refractivity contribution in [3.05, 3.63) is 71.0 Å². The third kappa shape index (κ3) is 2.24. The Kier molecular flexibility index (Phi) is 3.03. The molecular formula is C16H14FNO. The predicted octanol–water partition coefficient (Wildman–Crippen LogP) is 3.02. The Balaban J connectivity index is 1.88. The van der Waals surface area contributed by atoms with E-state index in [9.17, 15) is 9.18 Å². The molecule has 0 radical (unpaired) electrons. The van der Waals surface area contributed by atoms with Gasteiger partial charge in [-0.05, 0) is 23.6 Å². The molecule has 0 aromatic heterocycles. The zero-order valence-corrected chi connectivity index (χ0v) is 10.5. The largest absolute Gasteiger partial charge is 0.334 e. The van der Waals surface area contributed by atoms with Crippen LogP contribution in [0.5, 0.6) is 0 Å². The van der Waals surface area contributed by atoms with Gasteiger partial charge in [-0.2, -0.15) is 0 Å². The summed E-state index contributed by atoms with van der Waals surface area (Å²) in [5.41, 5.74) is 2.12. The van der Waals surface area contributed by atoms with Gasteiger partial charge >= 0.3 is 0 Å². The molecule has 0 aliphatic carbocycles. The highest BCUT2D eigenvalue weighted by molar-refractivity contribution is 5.97. The molecule has 96 valence electrons. The summed E-state index contributed by atoms with van der Waals surface area (Å²) < 4.78 is 13.8. The number of hydrogen-bond acceptors (Lipinski definition) is 1. The molecule has 3 rings (SSSR count). The lowest BCUT2D eigenvalue weighted by Gasteiger charge is -2.28. The number of carbonyl (C=O) groups excluding carboxylic acids is 1. The van der Waals surface area contributed by atoms with E-state index in [2.05, 4.69) is 0 Å². The van der Waals surface area contributed by atoms with Crippen LogP contribution in [0, 0.1) is 5.82 Å². The maximum atomic E-state index is 13.8. The fourth-order valence-electron chi connectivity index (χ4n) is 2.49. The second-order valence-corrected chi connectivity index (χ2v) is 4.74. The molecule has 19 heavy (non-hydrogen) atoms. The van der Waals surface area contributed by atoms with Crippen molar-refractivity contribution in [1.82, 2.24) is 4.90 Å². The monoisotopic (exact) mass is 255 g/mol. The maximum absolute atomic E-state index is 13.8. The molecule has 1 heterocycles. The van der Waals surface area contributed by atoms with E-state index in [4.69, 9.17) is 0 Å². The number of benzene rings is 2. The van der Waals surface area contributed by atoms with Crippen molar-refractivity contribution in [3.8, 4) is 0 Å². The summed E-state index contributed by atoms with van der Waals surface area (Å²) in [6.07, 6.45) is 0.714. The Morgan fingerprint density at radius 1 is 1.05 bits per heavy atom. The van der Waals surface area contributed by atoms with E-state index in [1.807, 2.05) is 36.4 Å². The smallest absolute Gasteiger partial charge is 0.257 e. The Morgan fingerprint density at radius 2 is 1.84 bits per heavy atom. The number of rotatable bonds is 2. The van der Waals surface area contributed by atoms with Crippen LogP contribution in [0.2, 0.25) is 0 Å². The summed E-state index contributed by atoms with van der Waals surface area (Å²) in [4.78, 5) is 14.0. The van der Waals surface area contributed by atoms with Crippen LogP contribution in [0.4, 0.5) is 4.39 Å². The summed E-state index contributed by atoms with van der Waals surface area (Å²) in [6.45, 7) is 1.18. The topological polar surface area (TPSA) is 20.3 Å². The van der Waals surface area contributed by atoms with Crippen LogP contribution in [-0.4, -0.2) is 17.4 Å². The van der Waals surface area contributed by atoms with Crippen LogP contribution in [-0.2, 0) is 13.0 Å². The lowest BCUT2D eigenvalue weighted by atomic mass is 9.98. The van der Waals surface area contributed by atoms with Crippen LogP contribution >= 0.6 is 0 Å². The van der Waals surface area contributed by atoms with E-state index < -0.39 is 5.82 Å². The first kappa shape index (κ1) is 11.9. The van der Waals surface area contributed by atoms with Gasteiger partial charge in [0.25, 0.3) is 5.91 Å². The number of halogens is 1. The number of nitrogens with zero attached hydrogens (tertiary/aromatic N) is 1. The zero-order chi connectivity index (χ0) is 13.2. The summed E-state index contributed by atoms with van der Waals surface area (Å²) >= 11 is 0. The molecule has 1 amide bonds. The summed E-state index contributed by atoms with van der Waals surface area (Å²) in [5.74, 6) is -0.622. The zero-order valence-electron chi connectivity index (χ0n) is 10.5. The van der Waals surface area contributed by atoms with Crippen molar-refractivity contribution in [3.63, 3.8) is 0 Å². The Bertz CT molecular complexity index is 609. The molecule has 0 N–H and O–H groups in total. The van der Waals surface area contributed by atoms with Gasteiger partial charge in [0.2, 0.25) is 0 Å². The molecule has 2 aromatic carbocycles. The fourth-order valence-corrected chi connectivity index (χ4v) is 2.49. The molecule has 0 saturated heterocycles. The molecule has 3 heteroatoms. The van der Waals surface area contributed by atoms with E-state index in [1.165, 1.54) is 6.07 Å². The molecule has 0 saturated carbocycles. The number of fused-ring (bicyclic) bond motifs is 1. The van der Waals surface area contributed by atoms with Gasteiger partial charge in [-0.15, -0.1) is 0 Å². The molecule has 2 nitrogen and oxygen atoms in total. The molecule has 1 aliphatic rings. The van der Waals surface area contributed by atoms with Crippen molar-refractivity contribution in [2.45, 2.75) is 13.0 Å². The van der Waals surface area contributed by atoms with Gasteiger partial charge in [0.15, 0.2) is 0 Å². The second-order valence-electron chi connectivity index (χ2n) is 4.74. The van der Waals surface area contributed by atoms with Crippen molar-refractivity contribution in [2.24, 2.45) is 0 Å². The average Bonchev–Trinajstić information content (AvgIpc) is 2.43. The summed E-state index contributed by atoms with van der Waals surface area (Å²) in [6, 6.07) is 14.6. The normalized spacial score (nSPS) is 14.4. The van der Waals surface area contributed by atoms with Gasteiger partial charge in [0.1, 0.15) is 5.82 Å². The van der Waals surface area contributed by atoms with Crippen LogP contribution in [0.3, 0.4) is 0 Å². The van der Waals surface area contributed by atoms with Gasteiger partial charge < -0.3 is 4.90 Å². The van der Waals surface area contributed by atoms with Gasteiger partial charge in [-0.25, -0.2) is 4.39 Å². The SMILES string of the molecule is O=C1c2c(F)cccc2CCN1Cc1ccccc1. The fraction of sp³-hybridized carbons (Fsp3) is 0.188. The molecule has 0 bridgehead atoms. The molecule has 0 fully saturated rings. The maximum Gasteiger partial charge on any atom is 0.257 e. The highest BCUT2D eigenvalue weighted by Gasteiger charge is 2.26. The van der Waals surface area contributed by atoms with Crippen LogP contribution < -0.4 is 0 Å². The molecule has 0 atom stereocenters. The van der Waals surface area contributed by atoms with Crippen molar-refractivity contribution < 1.29 is 9.18 Å². The predicted molar refractivity (Wildman–Crippen MR) is 71.3 cm³/mol. The number of amides is 1. The van der Waals surface area contributed by atoms with E-state index >= 15 is 0 Å². The van der Waals surface area contributed by atoms with Crippen molar-refractivity contribution in [1.29, 1.82) is 0 Å². The van der Waals surface area contributed by atoms with Crippen LogP contribution in [0.1, 0.15) is 21.5 Å². The minimum Gasteiger partial charge on any atom is -0.334 e. The third-order valence-corrected chi connectivity index (χ3v) is 3.47. The first-order valence-corrected chi connectivity index (χ1v) is 6.36. The number of carbonyl (C=O) groups is 1. The Morgan fingerprint density at radius 3 is 2.63 bits per heavy atom. The highest BCUT2D eigenvalue weighted by atomic mass is 19.1. The Hall–Kier alpha value is -2.16. The lowest BCUT2D eigenvalue weighted by Crippen LogP contribution is -2.37. The van der Waals surface area contributed by atoms with E-state index in [0.29, 0.717) is 19.5 Å². The van der Waals surface area contributed by atoms with Gasteiger partial charge in [0, 0.05) is 13.1 Å². The van der Waals surface area contributed by atoms with E-state index in [0.717, 1.165) is 11.1 Å². The average molecular weight is 255 g/mol. The van der Waals surface area contributed by atoms with Crippen molar-refractivity contribution in [2.75, 3.05) is 6.54 Å². The van der Waals surface area contributed by atoms with Crippen LogP contribution in [0.15, 0.2) is 48.5 Å². The third-order valence-electron chi connectivity index (χ3n) is 3.47. The minimum absolute atomic E-state index is 0.205. The van der Waals surface area contributed by atoms with Gasteiger partial charge in [0.05, 0.1) is 5.56 Å². The van der Waals surface area contributed by atoms with Crippen LogP contribution in [0.25, 0.3) is 0 Å². The molecule has 2 aromatic rings. The van der Waals surface area contributed by atoms with Gasteiger partial charge in [-0.3, -0.25) is 4.79 Å². The highest BCUT2D eigenvalue weighted by Crippen LogP contribution is 2.22. The standard InChI is InChI=1S/C16H14FNO/c17-14-8-4-7-13-9-10-18(16(19)15(13)14)11-12-5-2-1-3-6-12/h1-8H,9-11H2. The van der Waals surface area contributed by atoms with E-state index in [1.54, 1.807) is 11.0 Å². The molecule has 0 spiro atoms. The quantitative estimate of drug-likeness (QED) is 0.807. The summed E-state index contributed by atoms with van der Waals surface area (Å²) in [5, 5.41) is 0. The molecular weight excluding hydrogens is 241 g/mol. The minimum atomic E-state index is -0.416. The number of hydrogen-bond donors (Lipinski definition) is 0. The first-order valence-electron chi connectivity index (χ1n) is 6.36.